The second kappa shape index (κ2) is 9.27. The number of pyridine rings is 3. The predicted octanol–water partition coefficient (Wildman–Crippen LogP) is 5.98. The molecule has 0 unspecified atom stereocenters. The van der Waals surface area contributed by atoms with Gasteiger partial charge in [-0.05, 0) is 87.7 Å². The Bertz CT molecular complexity index is 1560. The van der Waals surface area contributed by atoms with Crippen molar-refractivity contribution < 1.29 is 0 Å². The van der Waals surface area contributed by atoms with Gasteiger partial charge in [0.25, 0.3) is 0 Å². The molecule has 5 aromatic rings. The third-order valence-electron chi connectivity index (χ3n) is 8.05. The second-order valence-corrected chi connectivity index (χ2v) is 10.5. The zero-order chi connectivity index (χ0) is 24.8. The molecule has 0 radical (unpaired) electrons. The number of imidazole rings is 1. The maximum atomic E-state index is 4.91. The molecule has 6 heterocycles. The number of nitrogens with zero attached hydrogens (tertiary/aromatic N) is 6. The van der Waals surface area contributed by atoms with Gasteiger partial charge < -0.3 is 9.80 Å². The molecular weight excluding hydrogens is 456 g/mol. The lowest BCUT2D eigenvalue weighted by atomic mass is 10.1. The van der Waals surface area contributed by atoms with Crippen molar-refractivity contribution in [2.24, 2.45) is 0 Å². The van der Waals surface area contributed by atoms with Crippen LogP contribution in [0.3, 0.4) is 0 Å². The topological polar surface area (TPSA) is 49.6 Å². The number of benzene rings is 1. The summed E-state index contributed by atoms with van der Waals surface area (Å²) in [6, 6.07) is 19.8. The van der Waals surface area contributed by atoms with E-state index in [0.717, 1.165) is 57.0 Å². The van der Waals surface area contributed by atoms with Crippen LogP contribution in [0.15, 0.2) is 73.2 Å². The highest BCUT2D eigenvalue weighted by molar-refractivity contribution is 5.94. The zero-order valence-corrected chi connectivity index (χ0v) is 21.3. The van der Waals surface area contributed by atoms with Crippen molar-refractivity contribution in [3.8, 4) is 22.4 Å². The van der Waals surface area contributed by atoms with Gasteiger partial charge in [-0.15, -0.1) is 0 Å². The summed E-state index contributed by atoms with van der Waals surface area (Å²) in [5.74, 6) is 1.11. The third-order valence-corrected chi connectivity index (χ3v) is 8.05. The molecule has 6 nitrogen and oxygen atoms in total. The highest BCUT2D eigenvalue weighted by atomic mass is 15.3. The van der Waals surface area contributed by atoms with Gasteiger partial charge in [0.05, 0.1) is 17.4 Å². The maximum Gasteiger partial charge on any atom is 0.137 e. The van der Waals surface area contributed by atoms with Crippen LogP contribution in [0.2, 0.25) is 0 Å². The molecule has 37 heavy (non-hydrogen) atoms. The van der Waals surface area contributed by atoms with Gasteiger partial charge in [-0.3, -0.25) is 9.38 Å². The van der Waals surface area contributed by atoms with Crippen molar-refractivity contribution >= 4 is 22.4 Å². The highest BCUT2D eigenvalue weighted by Crippen LogP contribution is 2.31. The fourth-order valence-electron chi connectivity index (χ4n) is 6.20. The molecule has 2 saturated heterocycles. The van der Waals surface area contributed by atoms with Crippen LogP contribution in [-0.2, 0) is 0 Å². The van der Waals surface area contributed by atoms with Gasteiger partial charge >= 0.3 is 0 Å². The maximum absolute atomic E-state index is 4.91. The highest BCUT2D eigenvalue weighted by Gasteiger charge is 2.28. The second-order valence-electron chi connectivity index (χ2n) is 10.5. The quantitative estimate of drug-likeness (QED) is 0.304. The van der Waals surface area contributed by atoms with Crippen LogP contribution in [0, 0.1) is 6.92 Å². The number of fused-ring (bicyclic) bond motifs is 2. The minimum Gasteiger partial charge on any atom is -0.352 e. The van der Waals surface area contributed by atoms with Gasteiger partial charge in [0.2, 0.25) is 0 Å². The Hall–Kier alpha value is -3.77. The standard InChI is InChI=1S/C31H32N6/c1-22-17-27(26-8-2-3-9-28(26)34-22)29-20-33-31-18-23(12-16-37(29)31)24-10-11-30(32-19-24)36-15-6-7-25(36)21-35-13-4-5-14-35/h2-3,8-12,16-20,25H,4-7,13-15,21H2,1H3/t25-/m1/s1. The number of likely N-dealkylation sites (tertiary alicyclic amines) is 1. The van der Waals surface area contributed by atoms with Crippen molar-refractivity contribution in [2.75, 3.05) is 31.1 Å². The molecule has 0 N–H and O–H groups in total. The first-order valence-electron chi connectivity index (χ1n) is 13.5. The van der Waals surface area contributed by atoms with Gasteiger partial charge in [-0.1, -0.05) is 18.2 Å². The van der Waals surface area contributed by atoms with E-state index >= 15 is 0 Å². The summed E-state index contributed by atoms with van der Waals surface area (Å²) in [4.78, 5) is 19.5. The van der Waals surface area contributed by atoms with Crippen molar-refractivity contribution in [1.29, 1.82) is 0 Å². The molecule has 1 aromatic carbocycles. The molecule has 186 valence electrons. The Kier molecular flexibility index (Phi) is 5.62. The van der Waals surface area contributed by atoms with Crippen molar-refractivity contribution in [2.45, 2.75) is 38.6 Å². The van der Waals surface area contributed by atoms with E-state index in [4.69, 9.17) is 15.0 Å². The average molecular weight is 489 g/mol. The molecule has 2 fully saturated rings. The number of aromatic nitrogens is 4. The summed E-state index contributed by atoms with van der Waals surface area (Å²) in [7, 11) is 0. The molecule has 0 bridgehead atoms. The lowest BCUT2D eigenvalue weighted by molar-refractivity contribution is 0.313. The van der Waals surface area contributed by atoms with Gasteiger partial charge in [0.1, 0.15) is 11.5 Å². The van der Waals surface area contributed by atoms with Crippen LogP contribution >= 0.6 is 0 Å². The van der Waals surface area contributed by atoms with E-state index in [1.165, 1.54) is 45.3 Å². The first-order valence-corrected chi connectivity index (χ1v) is 13.5. The molecule has 0 spiro atoms. The number of anilines is 1. The summed E-state index contributed by atoms with van der Waals surface area (Å²) in [6.45, 7) is 6.84. The predicted molar refractivity (Wildman–Crippen MR) is 150 cm³/mol. The van der Waals surface area contributed by atoms with E-state index in [2.05, 4.69) is 68.9 Å². The fourth-order valence-corrected chi connectivity index (χ4v) is 6.20. The van der Waals surface area contributed by atoms with Crippen molar-refractivity contribution in [3.63, 3.8) is 0 Å². The third kappa shape index (κ3) is 4.15. The number of aryl methyl sites for hydroxylation is 1. The van der Waals surface area contributed by atoms with E-state index in [-0.39, 0.29) is 0 Å². The molecule has 1 atom stereocenters. The normalized spacial score (nSPS) is 18.4. The van der Waals surface area contributed by atoms with Gasteiger partial charge in [-0.25, -0.2) is 9.97 Å². The zero-order valence-electron chi connectivity index (χ0n) is 21.3. The molecule has 7 rings (SSSR count). The lowest BCUT2D eigenvalue weighted by Crippen LogP contribution is -2.39. The summed E-state index contributed by atoms with van der Waals surface area (Å²) >= 11 is 0. The van der Waals surface area contributed by atoms with Crippen LogP contribution in [0.4, 0.5) is 5.82 Å². The van der Waals surface area contributed by atoms with Crippen LogP contribution in [0.5, 0.6) is 0 Å². The first-order chi connectivity index (χ1) is 18.2. The Morgan fingerprint density at radius 1 is 0.865 bits per heavy atom. The Labute approximate surface area is 217 Å². The number of hydrogen-bond donors (Lipinski definition) is 0. The molecule has 2 aliphatic heterocycles. The number of hydrogen-bond acceptors (Lipinski definition) is 5. The molecule has 6 heteroatoms. The van der Waals surface area contributed by atoms with Crippen LogP contribution < -0.4 is 4.90 Å². The largest absolute Gasteiger partial charge is 0.352 e. The summed E-state index contributed by atoms with van der Waals surface area (Å²) in [5.41, 5.74) is 7.44. The van der Waals surface area contributed by atoms with Crippen LogP contribution in [0.1, 0.15) is 31.4 Å². The van der Waals surface area contributed by atoms with Crippen molar-refractivity contribution in [3.05, 3.63) is 78.9 Å². The number of para-hydroxylation sites is 1. The van der Waals surface area contributed by atoms with E-state index < -0.39 is 0 Å². The monoisotopic (exact) mass is 488 g/mol. The Balaban J connectivity index is 1.17. The minimum atomic E-state index is 0.587. The van der Waals surface area contributed by atoms with Gasteiger partial charge in [-0.2, -0.15) is 0 Å². The molecule has 0 aliphatic carbocycles. The Morgan fingerprint density at radius 2 is 1.76 bits per heavy atom. The molecule has 0 saturated carbocycles. The fraction of sp³-hybridized carbons (Fsp3) is 0.323. The molecule has 2 aliphatic rings. The lowest BCUT2D eigenvalue weighted by Gasteiger charge is -2.29. The van der Waals surface area contributed by atoms with Gasteiger partial charge in [0.15, 0.2) is 0 Å². The molecular formula is C31H32N6. The summed E-state index contributed by atoms with van der Waals surface area (Å²) < 4.78 is 2.17. The smallest absolute Gasteiger partial charge is 0.137 e. The van der Waals surface area contributed by atoms with Crippen LogP contribution in [0.25, 0.3) is 38.9 Å². The van der Waals surface area contributed by atoms with Crippen molar-refractivity contribution in [1.82, 2.24) is 24.3 Å². The molecule has 4 aromatic heterocycles. The first kappa shape index (κ1) is 22.4. The SMILES string of the molecule is Cc1cc(-c2cnc3cc(-c4ccc(N5CCC[C@@H]5CN5CCCC5)nc4)ccn23)c2ccccc2n1. The van der Waals surface area contributed by atoms with Gasteiger partial charge in [0, 0.05) is 53.7 Å². The summed E-state index contributed by atoms with van der Waals surface area (Å²) in [6.07, 6.45) is 11.3. The van der Waals surface area contributed by atoms with Crippen LogP contribution in [-0.4, -0.2) is 56.5 Å². The van der Waals surface area contributed by atoms with E-state index in [1.807, 2.05) is 25.4 Å². The van der Waals surface area contributed by atoms with E-state index in [9.17, 15) is 0 Å². The average Bonchev–Trinajstić information content (AvgIpc) is 3.70. The summed E-state index contributed by atoms with van der Waals surface area (Å²) in [5, 5.41) is 1.14. The van der Waals surface area contributed by atoms with E-state index in [0.29, 0.717) is 6.04 Å². The molecule has 0 amide bonds. The minimum absolute atomic E-state index is 0.587. The number of rotatable bonds is 5. The Morgan fingerprint density at radius 3 is 2.62 bits per heavy atom. The van der Waals surface area contributed by atoms with E-state index in [1.54, 1.807) is 0 Å².